The van der Waals surface area contributed by atoms with Crippen LogP contribution in [0.4, 0.5) is 28.4 Å². The summed E-state index contributed by atoms with van der Waals surface area (Å²) >= 11 is 1.94. The first kappa shape index (κ1) is 45.4. The first-order chi connectivity index (χ1) is 38.1. The summed E-state index contributed by atoms with van der Waals surface area (Å²) in [6, 6.07) is 91.0. The second-order valence-electron chi connectivity index (χ2n) is 21.2. The summed E-state index contributed by atoms with van der Waals surface area (Å²) in [5, 5.41) is 12.8. The van der Waals surface area contributed by atoms with Crippen molar-refractivity contribution < 1.29 is 0 Å². The molecule has 1 heterocycles. The third-order valence-corrected chi connectivity index (χ3v) is 17.8. The third-order valence-electron chi connectivity index (χ3n) is 16.6. The SMILES string of the molecule is CC1Cc2ccc(N(c3ccc(-c4ccccc4)cc3)c3ccc4c(c3)c3ccccc3c3c5ccc(N(c6ccc7ccc8ccccc8c7c6)C6CC=CC(c7ccccc7)=CC6)cc5sc43)cc2-c2ccccc21. The first-order valence-corrected chi connectivity index (χ1v) is 28.0. The van der Waals surface area contributed by atoms with E-state index in [-0.39, 0.29) is 6.04 Å². The third kappa shape index (κ3) is 7.84. The molecule has 2 aliphatic rings. The zero-order valence-electron chi connectivity index (χ0n) is 42.9. The van der Waals surface area contributed by atoms with E-state index in [9.17, 15) is 0 Å². The van der Waals surface area contributed by atoms with Crippen molar-refractivity contribution in [2.75, 3.05) is 9.80 Å². The van der Waals surface area contributed by atoms with Crippen molar-refractivity contribution in [1.29, 1.82) is 0 Å². The lowest BCUT2D eigenvalue weighted by molar-refractivity contribution is 0.673. The number of fused-ring (bicyclic) bond motifs is 14. The molecule has 0 saturated heterocycles. The molecule has 0 saturated carbocycles. The van der Waals surface area contributed by atoms with Crippen molar-refractivity contribution in [2.24, 2.45) is 0 Å². The maximum Gasteiger partial charge on any atom is 0.0468 e. The summed E-state index contributed by atoms with van der Waals surface area (Å²) in [5.41, 5.74) is 16.3. The molecule has 3 heteroatoms. The Balaban J connectivity index is 0.889. The van der Waals surface area contributed by atoms with Crippen LogP contribution in [0, 0.1) is 0 Å². The molecule has 2 aliphatic carbocycles. The fourth-order valence-corrected chi connectivity index (χ4v) is 14.2. The van der Waals surface area contributed by atoms with Gasteiger partial charge < -0.3 is 9.80 Å². The van der Waals surface area contributed by atoms with Crippen molar-refractivity contribution in [3.63, 3.8) is 0 Å². The van der Waals surface area contributed by atoms with Gasteiger partial charge in [-0.25, -0.2) is 0 Å². The summed E-state index contributed by atoms with van der Waals surface area (Å²) in [7, 11) is 0. The van der Waals surface area contributed by atoms with Gasteiger partial charge in [0.25, 0.3) is 0 Å². The Labute approximate surface area is 453 Å². The van der Waals surface area contributed by atoms with E-state index in [0.29, 0.717) is 5.92 Å². The molecule has 0 fully saturated rings. The molecule has 2 atom stereocenters. The molecule has 366 valence electrons. The molecule has 0 aliphatic heterocycles. The van der Waals surface area contributed by atoms with Crippen molar-refractivity contribution >= 4 is 109 Å². The fourth-order valence-electron chi connectivity index (χ4n) is 12.9. The largest absolute Gasteiger partial charge is 0.338 e. The first-order valence-electron chi connectivity index (χ1n) is 27.2. The van der Waals surface area contributed by atoms with Crippen LogP contribution in [0.15, 0.2) is 261 Å². The summed E-state index contributed by atoms with van der Waals surface area (Å²) in [6.45, 7) is 2.36. The molecule has 0 radical (unpaired) electrons. The van der Waals surface area contributed by atoms with Gasteiger partial charge >= 0.3 is 0 Å². The number of rotatable bonds is 8. The highest BCUT2D eigenvalue weighted by atomic mass is 32.1. The Morgan fingerprint density at radius 2 is 1.03 bits per heavy atom. The van der Waals surface area contributed by atoms with Gasteiger partial charge in [-0.3, -0.25) is 0 Å². The van der Waals surface area contributed by atoms with Gasteiger partial charge in [-0.1, -0.05) is 207 Å². The van der Waals surface area contributed by atoms with E-state index < -0.39 is 0 Å². The predicted octanol–water partition coefficient (Wildman–Crippen LogP) is 21.1. The number of thiophene rings is 1. The number of hydrogen-bond acceptors (Lipinski definition) is 3. The topological polar surface area (TPSA) is 6.48 Å². The zero-order valence-corrected chi connectivity index (χ0v) is 43.7. The number of anilines is 5. The monoisotopic (exact) mass is 1000 g/mol. The standard InChI is InChI=1S/C74H54N2S/c1-48-43-55-33-38-59(45-70(55)64-24-11-10-22-62(48)64)76(57-35-30-52(31-36-57)50-17-6-3-7-18-50)60-39-41-67-71(46-60)65-25-12-13-26-66(65)73-68-42-40-61(47-72(68)77-74(67)73)75(56-21-14-20-51(29-34-56)49-15-4-2-5-16-49)58-37-32-54-28-27-53-19-8-9-23-63(53)69(54)44-58/h2-20,22-33,35-42,44-48,56H,21,34,43H2,1H3. The number of benzene rings is 12. The van der Waals surface area contributed by atoms with Crippen LogP contribution in [0.3, 0.4) is 0 Å². The van der Waals surface area contributed by atoms with Crippen molar-refractivity contribution in [3.05, 3.63) is 278 Å². The minimum Gasteiger partial charge on any atom is -0.338 e. The highest BCUT2D eigenvalue weighted by molar-refractivity contribution is 7.27. The Bertz CT molecular complexity index is 4510. The van der Waals surface area contributed by atoms with E-state index in [4.69, 9.17) is 0 Å². The summed E-state index contributed by atoms with van der Waals surface area (Å²) in [5.74, 6) is 0.479. The molecule has 0 N–H and O–H groups in total. The molecule has 1 aromatic heterocycles. The van der Waals surface area contributed by atoms with Gasteiger partial charge in [0, 0.05) is 60.0 Å². The van der Waals surface area contributed by atoms with Crippen LogP contribution >= 0.6 is 11.3 Å². The maximum atomic E-state index is 2.63. The van der Waals surface area contributed by atoms with E-state index in [2.05, 4.69) is 278 Å². The van der Waals surface area contributed by atoms with Crippen LogP contribution in [-0.4, -0.2) is 6.04 Å². The molecule has 13 aromatic rings. The maximum absolute atomic E-state index is 2.63. The highest BCUT2D eigenvalue weighted by Gasteiger charge is 2.26. The van der Waals surface area contributed by atoms with Crippen molar-refractivity contribution in [1.82, 2.24) is 0 Å². The van der Waals surface area contributed by atoms with Crippen LogP contribution < -0.4 is 9.80 Å². The van der Waals surface area contributed by atoms with E-state index in [1.807, 2.05) is 11.3 Å². The molecule has 2 nitrogen and oxygen atoms in total. The molecule has 77 heavy (non-hydrogen) atoms. The highest BCUT2D eigenvalue weighted by Crippen LogP contribution is 2.49. The summed E-state index contributed by atoms with van der Waals surface area (Å²) in [6.07, 6.45) is 10.0. The summed E-state index contributed by atoms with van der Waals surface area (Å²) in [4.78, 5) is 5.10. The average Bonchev–Trinajstić information content (AvgIpc) is 3.79. The second-order valence-corrected chi connectivity index (χ2v) is 22.2. The van der Waals surface area contributed by atoms with Crippen LogP contribution in [-0.2, 0) is 6.42 Å². The average molecular weight is 1000 g/mol. The Morgan fingerprint density at radius 1 is 0.416 bits per heavy atom. The van der Waals surface area contributed by atoms with Crippen molar-refractivity contribution in [3.8, 4) is 22.3 Å². The number of nitrogens with zero attached hydrogens (tertiary/aromatic N) is 2. The van der Waals surface area contributed by atoms with Crippen LogP contribution in [0.2, 0.25) is 0 Å². The minimum absolute atomic E-state index is 0.206. The lowest BCUT2D eigenvalue weighted by atomic mass is 9.79. The fraction of sp³-hybridized carbons (Fsp3) is 0.0811. The number of allylic oxidation sites excluding steroid dienone is 2. The van der Waals surface area contributed by atoms with Gasteiger partial charge in [0.2, 0.25) is 0 Å². The lowest BCUT2D eigenvalue weighted by Gasteiger charge is -2.33. The molecule has 15 rings (SSSR count). The van der Waals surface area contributed by atoms with Crippen LogP contribution in [0.1, 0.15) is 42.4 Å². The second kappa shape index (κ2) is 18.7. The smallest absolute Gasteiger partial charge is 0.0468 e. The van der Waals surface area contributed by atoms with Gasteiger partial charge in [0.05, 0.1) is 0 Å². The molecule has 0 spiro atoms. The number of hydrogen-bond donors (Lipinski definition) is 0. The van der Waals surface area contributed by atoms with Gasteiger partial charge in [0.15, 0.2) is 0 Å². The molecule has 12 aromatic carbocycles. The Kier molecular flexibility index (Phi) is 11.0. The van der Waals surface area contributed by atoms with Crippen molar-refractivity contribution in [2.45, 2.75) is 38.1 Å². The van der Waals surface area contributed by atoms with E-state index >= 15 is 0 Å². The van der Waals surface area contributed by atoms with E-state index in [1.165, 1.54) is 119 Å². The van der Waals surface area contributed by atoms with Crippen LogP contribution in [0.25, 0.3) is 91.1 Å². The quantitative estimate of drug-likeness (QED) is 0.140. The molecule has 2 unspecified atom stereocenters. The van der Waals surface area contributed by atoms with E-state index in [1.54, 1.807) is 0 Å². The lowest BCUT2D eigenvalue weighted by Crippen LogP contribution is -2.30. The zero-order chi connectivity index (χ0) is 51.0. The van der Waals surface area contributed by atoms with Gasteiger partial charge in [-0.2, -0.15) is 0 Å². The summed E-state index contributed by atoms with van der Waals surface area (Å²) < 4.78 is 2.62. The molecule has 0 bridgehead atoms. The molecular formula is C74H54N2S. The van der Waals surface area contributed by atoms with Gasteiger partial charge in [-0.15, -0.1) is 11.3 Å². The normalized spacial score (nSPS) is 15.2. The van der Waals surface area contributed by atoms with Gasteiger partial charge in [0.1, 0.15) is 0 Å². The molecule has 0 amide bonds. The minimum atomic E-state index is 0.206. The van der Waals surface area contributed by atoms with Crippen LogP contribution in [0.5, 0.6) is 0 Å². The van der Waals surface area contributed by atoms with E-state index in [0.717, 1.165) is 36.3 Å². The Hall–Kier alpha value is -9.02. The predicted molar refractivity (Wildman–Crippen MR) is 332 cm³/mol. The molecular weight excluding hydrogens is 949 g/mol. The van der Waals surface area contributed by atoms with Gasteiger partial charge in [-0.05, 0) is 168 Å². The Morgan fingerprint density at radius 3 is 1.87 bits per heavy atom.